The Hall–Kier alpha value is -2.93. The van der Waals surface area contributed by atoms with E-state index < -0.39 is 5.97 Å². The van der Waals surface area contributed by atoms with Crippen molar-refractivity contribution in [2.45, 2.75) is 26.7 Å². The Morgan fingerprint density at radius 3 is 2.60 bits per heavy atom. The zero-order valence-corrected chi connectivity index (χ0v) is 14.1. The molecule has 0 spiro atoms. The monoisotopic (exact) mass is 342 g/mol. The summed E-state index contributed by atoms with van der Waals surface area (Å²) in [6, 6.07) is 6.54. The lowest BCUT2D eigenvalue weighted by atomic mass is 10.0. The van der Waals surface area contributed by atoms with Crippen LogP contribution in [0.1, 0.15) is 42.6 Å². The molecule has 3 rings (SSSR count). The molecule has 0 radical (unpaired) electrons. The molecule has 0 aliphatic carbocycles. The molecule has 2 N–H and O–H groups in total. The number of rotatable bonds is 4. The van der Waals surface area contributed by atoms with E-state index in [9.17, 15) is 19.9 Å². The summed E-state index contributed by atoms with van der Waals surface area (Å²) in [4.78, 5) is 28.4. The van der Waals surface area contributed by atoms with Gasteiger partial charge in [-0.3, -0.25) is 10.0 Å². The molecule has 0 aliphatic heterocycles. The number of carboxylic acids is 1. The van der Waals surface area contributed by atoms with Crippen molar-refractivity contribution in [3.05, 3.63) is 45.6 Å². The van der Waals surface area contributed by atoms with Gasteiger partial charge in [0, 0.05) is 12.6 Å². The van der Waals surface area contributed by atoms with Crippen LogP contribution >= 0.6 is 0 Å². The van der Waals surface area contributed by atoms with Crippen molar-refractivity contribution in [2.75, 3.05) is 11.6 Å². The van der Waals surface area contributed by atoms with Crippen molar-refractivity contribution in [1.29, 1.82) is 0 Å². The third-order valence-electron chi connectivity index (χ3n) is 4.09. The minimum Gasteiger partial charge on any atom is -0.478 e. The first-order valence-electron chi connectivity index (χ1n) is 7.94. The van der Waals surface area contributed by atoms with Gasteiger partial charge in [-0.15, -0.1) is 0 Å². The van der Waals surface area contributed by atoms with Gasteiger partial charge in [0.15, 0.2) is 16.9 Å². The number of hydrogen-bond donors (Lipinski definition) is 2. The van der Waals surface area contributed by atoms with Crippen molar-refractivity contribution in [1.82, 2.24) is 4.98 Å². The fraction of sp³-hybridized carbons (Fsp3) is 0.278. The maximum Gasteiger partial charge on any atom is 0.339 e. The highest BCUT2D eigenvalue weighted by Gasteiger charge is 2.20. The normalized spacial score (nSPS) is 11.4. The lowest BCUT2D eigenvalue weighted by Gasteiger charge is -2.16. The molecule has 0 saturated heterocycles. The highest BCUT2D eigenvalue weighted by molar-refractivity contribution is 5.98. The number of pyridine rings is 1. The fourth-order valence-corrected chi connectivity index (χ4v) is 2.65. The summed E-state index contributed by atoms with van der Waals surface area (Å²) in [5, 5.41) is 20.3. The quantitative estimate of drug-likeness (QED) is 0.553. The van der Waals surface area contributed by atoms with E-state index in [2.05, 4.69) is 4.98 Å². The SMILES string of the molecule is CCN(O)c1nc2c(=O)c3cc(C(C)C)ccc3oc2cc1C(=O)O. The first-order chi connectivity index (χ1) is 11.8. The van der Waals surface area contributed by atoms with Gasteiger partial charge in [0.25, 0.3) is 0 Å². The molecular formula is C18H18N2O5. The van der Waals surface area contributed by atoms with Crippen LogP contribution in [0.3, 0.4) is 0 Å². The Labute approximate surface area is 143 Å². The van der Waals surface area contributed by atoms with Crippen LogP contribution in [-0.4, -0.2) is 27.8 Å². The van der Waals surface area contributed by atoms with Crippen LogP contribution < -0.4 is 10.5 Å². The number of nitrogens with zero attached hydrogens (tertiary/aromatic N) is 2. The zero-order chi connectivity index (χ0) is 18.3. The predicted octanol–water partition coefficient (Wildman–Crippen LogP) is 3.38. The molecule has 25 heavy (non-hydrogen) atoms. The molecule has 0 atom stereocenters. The standard InChI is InChI=1S/C18H18N2O5/c1-4-20(24)17-12(18(22)23)8-14-15(19-17)16(21)11-7-10(9(2)3)5-6-13(11)25-14/h5-9,24H,4H2,1-3H3,(H,22,23). The Kier molecular flexibility index (Phi) is 4.18. The van der Waals surface area contributed by atoms with E-state index in [1.165, 1.54) is 6.07 Å². The predicted molar refractivity (Wildman–Crippen MR) is 93.6 cm³/mol. The van der Waals surface area contributed by atoms with E-state index in [-0.39, 0.29) is 40.4 Å². The average molecular weight is 342 g/mol. The average Bonchev–Trinajstić information content (AvgIpc) is 2.59. The Morgan fingerprint density at radius 2 is 2.00 bits per heavy atom. The Balaban J connectivity index is 2.39. The molecule has 0 amide bonds. The number of fused-ring (bicyclic) bond motifs is 2. The van der Waals surface area contributed by atoms with Crippen LogP contribution in [0, 0.1) is 0 Å². The van der Waals surface area contributed by atoms with Gasteiger partial charge in [0.2, 0.25) is 5.43 Å². The topological polar surface area (TPSA) is 104 Å². The summed E-state index contributed by atoms with van der Waals surface area (Å²) in [5.41, 5.74) is 0.809. The molecule has 2 heterocycles. The minimum atomic E-state index is -1.27. The molecular weight excluding hydrogens is 324 g/mol. The van der Waals surface area contributed by atoms with Gasteiger partial charge >= 0.3 is 5.97 Å². The number of anilines is 1. The molecule has 7 nitrogen and oxygen atoms in total. The second-order valence-corrected chi connectivity index (χ2v) is 6.07. The number of carboxylic acid groups (broad SMARTS) is 1. The van der Waals surface area contributed by atoms with Crippen molar-refractivity contribution in [2.24, 2.45) is 0 Å². The van der Waals surface area contributed by atoms with Gasteiger partial charge in [0.1, 0.15) is 11.1 Å². The number of aromatic carboxylic acids is 1. The number of benzene rings is 1. The van der Waals surface area contributed by atoms with E-state index in [4.69, 9.17) is 4.42 Å². The van der Waals surface area contributed by atoms with Crippen LogP contribution in [0.2, 0.25) is 0 Å². The molecule has 0 unspecified atom stereocenters. The van der Waals surface area contributed by atoms with Crippen LogP contribution in [0.5, 0.6) is 0 Å². The summed E-state index contributed by atoms with van der Waals surface area (Å²) < 4.78 is 5.69. The maximum atomic E-state index is 12.8. The van der Waals surface area contributed by atoms with Gasteiger partial charge in [-0.05, 0) is 30.5 Å². The van der Waals surface area contributed by atoms with Crippen LogP contribution in [0.4, 0.5) is 5.82 Å². The molecule has 2 aromatic heterocycles. The van der Waals surface area contributed by atoms with Crippen LogP contribution in [-0.2, 0) is 0 Å². The van der Waals surface area contributed by atoms with E-state index in [1.807, 2.05) is 19.9 Å². The van der Waals surface area contributed by atoms with Gasteiger partial charge in [-0.25, -0.2) is 14.8 Å². The van der Waals surface area contributed by atoms with Gasteiger partial charge in [0.05, 0.1) is 5.39 Å². The van der Waals surface area contributed by atoms with Crippen molar-refractivity contribution in [3.63, 3.8) is 0 Å². The van der Waals surface area contributed by atoms with E-state index in [0.29, 0.717) is 16.0 Å². The zero-order valence-electron chi connectivity index (χ0n) is 14.1. The lowest BCUT2D eigenvalue weighted by Crippen LogP contribution is -2.22. The summed E-state index contributed by atoms with van der Waals surface area (Å²) in [7, 11) is 0. The smallest absolute Gasteiger partial charge is 0.339 e. The molecule has 1 aromatic carbocycles. The number of hydroxylamine groups is 1. The number of hydrogen-bond acceptors (Lipinski definition) is 6. The number of carbonyl (C=O) groups is 1. The van der Waals surface area contributed by atoms with Crippen LogP contribution in [0.25, 0.3) is 22.1 Å². The molecule has 0 bridgehead atoms. The van der Waals surface area contributed by atoms with Gasteiger partial charge in [-0.1, -0.05) is 19.9 Å². The summed E-state index contributed by atoms with van der Waals surface area (Å²) in [6.07, 6.45) is 0. The lowest BCUT2D eigenvalue weighted by molar-refractivity contribution is 0.0695. The summed E-state index contributed by atoms with van der Waals surface area (Å²) >= 11 is 0. The number of aromatic nitrogens is 1. The second kappa shape index (κ2) is 6.18. The maximum absolute atomic E-state index is 12.8. The second-order valence-electron chi connectivity index (χ2n) is 6.07. The summed E-state index contributed by atoms with van der Waals surface area (Å²) in [6.45, 7) is 5.79. The van der Waals surface area contributed by atoms with Crippen LogP contribution in [0.15, 0.2) is 33.5 Å². The molecule has 0 saturated carbocycles. The molecule has 0 aliphatic rings. The first-order valence-corrected chi connectivity index (χ1v) is 7.94. The van der Waals surface area contributed by atoms with Gasteiger partial charge < -0.3 is 9.52 Å². The van der Waals surface area contributed by atoms with E-state index in [0.717, 1.165) is 5.56 Å². The fourth-order valence-electron chi connectivity index (χ4n) is 2.65. The van der Waals surface area contributed by atoms with E-state index in [1.54, 1.807) is 19.1 Å². The largest absolute Gasteiger partial charge is 0.478 e. The minimum absolute atomic E-state index is 0.0130. The molecule has 0 fully saturated rings. The summed E-state index contributed by atoms with van der Waals surface area (Å²) in [5.74, 6) is -1.21. The molecule has 7 heteroatoms. The third-order valence-corrected chi connectivity index (χ3v) is 4.09. The van der Waals surface area contributed by atoms with E-state index >= 15 is 0 Å². The molecule has 130 valence electrons. The van der Waals surface area contributed by atoms with Gasteiger partial charge in [-0.2, -0.15) is 0 Å². The highest BCUT2D eigenvalue weighted by Crippen LogP contribution is 2.26. The molecule has 3 aromatic rings. The third kappa shape index (κ3) is 2.83. The van der Waals surface area contributed by atoms with Crippen molar-refractivity contribution >= 4 is 33.9 Å². The Morgan fingerprint density at radius 1 is 1.28 bits per heavy atom. The highest BCUT2D eigenvalue weighted by atomic mass is 16.5. The van der Waals surface area contributed by atoms with Crippen molar-refractivity contribution in [3.8, 4) is 0 Å². The van der Waals surface area contributed by atoms with Crippen molar-refractivity contribution < 1.29 is 19.5 Å². The Bertz CT molecular complexity index is 1040. The first kappa shape index (κ1) is 16.9.